The number of amides is 1. The van der Waals surface area contributed by atoms with Gasteiger partial charge in [-0.1, -0.05) is 30.7 Å². The van der Waals surface area contributed by atoms with Crippen molar-refractivity contribution < 1.29 is 14.3 Å². The van der Waals surface area contributed by atoms with E-state index in [1.165, 1.54) is 0 Å². The zero-order valence-electron chi connectivity index (χ0n) is 14.8. The second-order valence-electron chi connectivity index (χ2n) is 5.81. The van der Waals surface area contributed by atoms with Crippen LogP contribution in [0.15, 0.2) is 42.5 Å². The van der Waals surface area contributed by atoms with Crippen LogP contribution in [0.1, 0.15) is 24.5 Å². The summed E-state index contributed by atoms with van der Waals surface area (Å²) in [5, 5.41) is 3.62. The molecule has 2 aromatic carbocycles. The molecule has 0 saturated carbocycles. The average molecular weight is 362 g/mol. The van der Waals surface area contributed by atoms with E-state index in [-0.39, 0.29) is 5.91 Å². The number of carbonyl (C=O) groups is 1. The lowest BCUT2D eigenvalue weighted by Crippen LogP contribution is -2.38. The van der Waals surface area contributed by atoms with Crippen LogP contribution in [0.25, 0.3) is 0 Å². The first kappa shape index (κ1) is 19.1. The Balaban J connectivity index is 1.85. The SMILES string of the molecule is CC[C@@H](Oc1ccc(Cl)c(C)c1)C(=O)NCCc1ccc(OC)cc1. The molecule has 1 N–H and O–H groups in total. The molecule has 0 aromatic heterocycles. The highest BCUT2D eigenvalue weighted by Crippen LogP contribution is 2.22. The van der Waals surface area contributed by atoms with Crippen molar-refractivity contribution in [3.63, 3.8) is 0 Å². The van der Waals surface area contributed by atoms with Gasteiger partial charge in [0.25, 0.3) is 5.91 Å². The smallest absolute Gasteiger partial charge is 0.261 e. The lowest BCUT2D eigenvalue weighted by molar-refractivity contribution is -0.128. The number of rotatable bonds is 8. The van der Waals surface area contributed by atoms with Gasteiger partial charge in [0.1, 0.15) is 11.5 Å². The molecule has 5 heteroatoms. The molecule has 25 heavy (non-hydrogen) atoms. The molecule has 0 aliphatic heterocycles. The topological polar surface area (TPSA) is 47.6 Å². The maximum Gasteiger partial charge on any atom is 0.261 e. The molecule has 0 heterocycles. The molecule has 4 nitrogen and oxygen atoms in total. The fraction of sp³-hybridized carbons (Fsp3) is 0.350. The number of ether oxygens (including phenoxy) is 2. The van der Waals surface area contributed by atoms with Crippen molar-refractivity contribution in [1.82, 2.24) is 5.32 Å². The van der Waals surface area contributed by atoms with Crippen molar-refractivity contribution in [2.75, 3.05) is 13.7 Å². The Morgan fingerprint density at radius 3 is 2.44 bits per heavy atom. The zero-order chi connectivity index (χ0) is 18.2. The molecule has 0 spiro atoms. The zero-order valence-corrected chi connectivity index (χ0v) is 15.6. The molecule has 0 bridgehead atoms. The predicted molar refractivity (Wildman–Crippen MR) is 101 cm³/mol. The van der Waals surface area contributed by atoms with E-state index in [2.05, 4.69) is 5.32 Å². The van der Waals surface area contributed by atoms with Gasteiger partial charge in [-0.3, -0.25) is 4.79 Å². The molecule has 0 saturated heterocycles. The first-order chi connectivity index (χ1) is 12.0. The van der Waals surface area contributed by atoms with Crippen LogP contribution in [-0.4, -0.2) is 25.7 Å². The second kappa shape index (κ2) is 9.33. The van der Waals surface area contributed by atoms with Crippen LogP contribution in [0.2, 0.25) is 5.02 Å². The molecule has 0 aliphatic rings. The van der Waals surface area contributed by atoms with Crippen molar-refractivity contribution >= 4 is 17.5 Å². The highest BCUT2D eigenvalue weighted by molar-refractivity contribution is 6.31. The number of benzene rings is 2. The number of aryl methyl sites for hydroxylation is 1. The highest BCUT2D eigenvalue weighted by Gasteiger charge is 2.18. The van der Waals surface area contributed by atoms with E-state index in [4.69, 9.17) is 21.1 Å². The summed E-state index contributed by atoms with van der Waals surface area (Å²) in [4.78, 5) is 12.3. The van der Waals surface area contributed by atoms with Crippen molar-refractivity contribution in [1.29, 1.82) is 0 Å². The Bertz CT molecular complexity index is 701. The number of hydrogen-bond donors (Lipinski definition) is 1. The number of carbonyl (C=O) groups excluding carboxylic acids is 1. The summed E-state index contributed by atoms with van der Waals surface area (Å²) >= 11 is 6.02. The van der Waals surface area contributed by atoms with Crippen molar-refractivity contribution in [2.45, 2.75) is 32.8 Å². The molecule has 1 atom stereocenters. The van der Waals surface area contributed by atoms with E-state index in [0.29, 0.717) is 23.7 Å². The van der Waals surface area contributed by atoms with Crippen LogP contribution in [0.3, 0.4) is 0 Å². The van der Waals surface area contributed by atoms with E-state index < -0.39 is 6.10 Å². The molecule has 2 aromatic rings. The number of halogens is 1. The van der Waals surface area contributed by atoms with E-state index in [0.717, 1.165) is 23.3 Å². The maximum atomic E-state index is 12.3. The van der Waals surface area contributed by atoms with Crippen LogP contribution in [0.5, 0.6) is 11.5 Å². The molecule has 0 fully saturated rings. The summed E-state index contributed by atoms with van der Waals surface area (Å²) in [6.07, 6.45) is 0.832. The fourth-order valence-corrected chi connectivity index (χ4v) is 2.53. The lowest BCUT2D eigenvalue weighted by atomic mass is 10.1. The van der Waals surface area contributed by atoms with Gasteiger partial charge in [0.15, 0.2) is 6.10 Å². The minimum absolute atomic E-state index is 0.108. The number of nitrogens with one attached hydrogen (secondary N) is 1. The number of methoxy groups -OCH3 is 1. The molecule has 0 radical (unpaired) electrons. The normalized spacial score (nSPS) is 11.7. The summed E-state index contributed by atoms with van der Waals surface area (Å²) in [5.74, 6) is 1.37. The molecular formula is C20H24ClNO3. The average Bonchev–Trinajstić information content (AvgIpc) is 2.63. The second-order valence-corrected chi connectivity index (χ2v) is 6.22. The third-order valence-electron chi connectivity index (χ3n) is 3.94. The summed E-state index contributed by atoms with van der Waals surface area (Å²) in [6, 6.07) is 13.2. The summed E-state index contributed by atoms with van der Waals surface area (Å²) in [7, 11) is 1.64. The van der Waals surface area contributed by atoms with Gasteiger partial charge in [-0.25, -0.2) is 0 Å². The van der Waals surface area contributed by atoms with Crippen LogP contribution in [0, 0.1) is 6.92 Å². The molecule has 1 amide bonds. The van der Waals surface area contributed by atoms with Gasteiger partial charge in [-0.15, -0.1) is 0 Å². The molecule has 2 rings (SSSR count). The van der Waals surface area contributed by atoms with Gasteiger partial charge >= 0.3 is 0 Å². The predicted octanol–water partition coefficient (Wildman–Crippen LogP) is 4.17. The maximum absolute atomic E-state index is 12.3. The van der Waals surface area contributed by atoms with Crippen molar-refractivity contribution in [3.8, 4) is 11.5 Å². The number of hydrogen-bond acceptors (Lipinski definition) is 3. The van der Waals surface area contributed by atoms with E-state index >= 15 is 0 Å². The summed E-state index contributed by atoms with van der Waals surface area (Å²) < 4.78 is 10.9. The fourth-order valence-electron chi connectivity index (χ4n) is 2.41. The minimum atomic E-state index is -0.517. The monoisotopic (exact) mass is 361 g/mol. The molecule has 0 unspecified atom stereocenters. The summed E-state index contributed by atoms with van der Waals surface area (Å²) in [6.45, 7) is 4.40. The van der Waals surface area contributed by atoms with Crippen molar-refractivity contribution in [3.05, 3.63) is 58.6 Å². The van der Waals surface area contributed by atoms with Crippen LogP contribution in [-0.2, 0) is 11.2 Å². The van der Waals surface area contributed by atoms with E-state index in [1.54, 1.807) is 19.2 Å². The third-order valence-corrected chi connectivity index (χ3v) is 4.37. The first-order valence-corrected chi connectivity index (χ1v) is 8.74. The highest BCUT2D eigenvalue weighted by atomic mass is 35.5. The van der Waals surface area contributed by atoms with Gasteiger partial charge in [0.2, 0.25) is 0 Å². The Kier molecular flexibility index (Phi) is 7.14. The summed E-state index contributed by atoms with van der Waals surface area (Å²) in [5.41, 5.74) is 2.07. The van der Waals surface area contributed by atoms with E-state index in [1.807, 2.05) is 44.2 Å². The van der Waals surface area contributed by atoms with Gasteiger partial charge in [-0.05, 0) is 61.2 Å². The molecular weight excluding hydrogens is 338 g/mol. The third kappa shape index (κ3) is 5.68. The standard InChI is InChI=1S/C20H24ClNO3/c1-4-19(25-17-9-10-18(21)14(2)13-17)20(23)22-12-11-15-5-7-16(24-3)8-6-15/h5-10,13,19H,4,11-12H2,1-3H3,(H,22,23)/t19-/m1/s1. The van der Waals surface area contributed by atoms with Gasteiger partial charge in [0.05, 0.1) is 7.11 Å². The van der Waals surface area contributed by atoms with Crippen LogP contribution >= 0.6 is 11.6 Å². The van der Waals surface area contributed by atoms with Crippen LogP contribution < -0.4 is 14.8 Å². The largest absolute Gasteiger partial charge is 0.497 e. The first-order valence-electron chi connectivity index (χ1n) is 8.37. The molecule has 0 aliphatic carbocycles. The van der Waals surface area contributed by atoms with Gasteiger partial charge in [-0.2, -0.15) is 0 Å². The Labute approximate surface area is 154 Å². The Morgan fingerprint density at radius 2 is 1.84 bits per heavy atom. The Hall–Kier alpha value is -2.20. The van der Waals surface area contributed by atoms with Crippen molar-refractivity contribution in [2.24, 2.45) is 0 Å². The van der Waals surface area contributed by atoms with Gasteiger partial charge in [0, 0.05) is 11.6 Å². The van der Waals surface area contributed by atoms with Gasteiger partial charge < -0.3 is 14.8 Å². The quantitative estimate of drug-likeness (QED) is 0.767. The molecule has 134 valence electrons. The lowest BCUT2D eigenvalue weighted by Gasteiger charge is -2.18. The van der Waals surface area contributed by atoms with E-state index in [9.17, 15) is 4.79 Å². The minimum Gasteiger partial charge on any atom is -0.497 e. The van der Waals surface area contributed by atoms with Crippen LogP contribution in [0.4, 0.5) is 0 Å². The Morgan fingerprint density at radius 1 is 1.16 bits per heavy atom.